The highest BCUT2D eigenvalue weighted by atomic mass is 32.2. The topological polar surface area (TPSA) is 85.8 Å². The molecule has 0 aliphatic heterocycles. The minimum atomic E-state index is -3.37. The summed E-state index contributed by atoms with van der Waals surface area (Å²) in [5.41, 5.74) is 0.212. The number of carbonyl (C=O) groups excluding carboxylic acids is 1. The molecule has 0 aliphatic carbocycles. The van der Waals surface area contributed by atoms with Gasteiger partial charge in [-0.15, -0.1) is 11.3 Å². The predicted octanol–water partition coefficient (Wildman–Crippen LogP) is 1.90. The molecule has 1 aromatic heterocycles. The van der Waals surface area contributed by atoms with E-state index >= 15 is 0 Å². The van der Waals surface area contributed by atoms with Crippen LogP contribution >= 0.6 is 11.3 Å². The number of nitrogens with zero attached hydrogens (tertiary/aromatic N) is 2. The van der Waals surface area contributed by atoms with Gasteiger partial charge in [0, 0.05) is 19.0 Å². The Morgan fingerprint density at radius 1 is 1.39 bits per heavy atom. The smallest absolute Gasteiger partial charge is 0.357 e. The van der Waals surface area contributed by atoms with Crippen LogP contribution in [0.1, 0.15) is 42.2 Å². The van der Waals surface area contributed by atoms with Crippen molar-refractivity contribution in [3.05, 3.63) is 16.1 Å². The Kier molecular flexibility index (Phi) is 8.67. The van der Waals surface area contributed by atoms with Gasteiger partial charge in [0.2, 0.25) is 10.0 Å². The SMILES string of the molecule is CCCCS(=O)(=O)N(CCOC)Cc1nc(C(=O)OCC)cs1. The summed E-state index contributed by atoms with van der Waals surface area (Å²) >= 11 is 1.25. The largest absolute Gasteiger partial charge is 0.461 e. The van der Waals surface area contributed by atoms with Crippen molar-refractivity contribution in [2.24, 2.45) is 0 Å². The van der Waals surface area contributed by atoms with Crippen LogP contribution in [-0.4, -0.2) is 56.3 Å². The summed E-state index contributed by atoms with van der Waals surface area (Å²) in [5, 5.41) is 2.14. The zero-order chi connectivity index (χ0) is 17.3. The first-order valence-corrected chi connectivity index (χ1v) is 10.0. The van der Waals surface area contributed by atoms with Gasteiger partial charge >= 0.3 is 5.97 Å². The Morgan fingerprint density at radius 3 is 2.74 bits per heavy atom. The number of esters is 1. The molecule has 1 heterocycles. The fourth-order valence-electron chi connectivity index (χ4n) is 1.80. The average Bonchev–Trinajstić information content (AvgIpc) is 2.98. The van der Waals surface area contributed by atoms with Crippen molar-refractivity contribution < 1.29 is 22.7 Å². The van der Waals surface area contributed by atoms with Crippen LogP contribution in [0.15, 0.2) is 5.38 Å². The van der Waals surface area contributed by atoms with Crippen LogP contribution < -0.4 is 0 Å². The Balaban J connectivity index is 2.83. The molecule has 0 N–H and O–H groups in total. The first-order chi connectivity index (χ1) is 10.9. The second-order valence-electron chi connectivity index (χ2n) is 4.84. The second-order valence-corrected chi connectivity index (χ2v) is 7.87. The molecule has 0 amide bonds. The van der Waals surface area contributed by atoms with Crippen LogP contribution in [0.2, 0.25) is 0 Å². The van der Waals surface area contributed by atoms with E-state index in [0.29, 0.717) is 18.0 Å². The van der Waals surface area contributed by atoms with E-state index in [0.717, 1.165) is 6.42 Å². The summed E-state index contributed by atoms with van der Waals surface area (Å²) in [6.45, 7) is 4.65. The monoisotopic (exact) mass is 364 g/mol. The summed E-state index contributed by atoms with van der Waals surface area (Å²) < 4.78 is 36.0. The molecule has 0 aliphatic rings. The van der Waals surface area contributed by atoms with Crippen LogP contribution in [0.3, 0.4) is 0 Å². The quantitative estimate of drug-likeness (QED) is 0.558. The van der Waals surface area contributed by atoms with Crippen LogP contribution in [0.5, 0.6) is 0 Å². The molecule has 0 saturated heterocycles. The third-order valence-electron chi connectivity index (χ3n) is 3.04. The van der Waals surface area contributed by atoms with Gasteiger partial charge < -0.3 is 9.47 Å². The van der Waals surface area contributed by atoms with E-state index in [1.807, 2.05) is 6.92 Å². The lowest BCUT2D eigenvalue weighted by Crippen LogP contribution is -2.35. The van der Waals surface area contributed by atoms with E-state index in [1.165, 1.54) is 22.8 Å². The standard InChI is InChI=1S/C14H24N2O5S2/c1-4-6-9-23(18,19)16(7-8-20-3)10-13-15-12(11-22-13)14(17)21-5-2/h11H,4-10H2,1-3H3. The Bertz CT molecular complexity index is 586. The molecular formula is C14H24N2O5S2. The lowest BCUT2D eigenvalue weighted by atomic mass is 10.4. The van der Waals surface area contributed by atoms with Gasteiger partial charge in [-0.25, -0.2) is 18.2 Å². The molecule has 0 unspecified atom stereocenters. The number of unbranched alkanes of at least 4 members (excludes halogenated alkanes) is 1. The van der Waals surface area contributed by atoms with E-state index in [-0.39, 0.29) is 31.1 Å². The first-order valence-electron chi connectivity index (χ1n) is 7.52. The molecule has 0 fully saturated rings. The number of hydrogen-bond donors (Lipinski definition) is 0. The Labute approximate surface area is 141 Å². The van der Waals surface area contributed by atoms with Crippen LogP contribution in [0.4, 0.5) is 0 Å². The molecule has 23 heavy (non-hydrogen) atoms. The van der Waals surface area contributed by atoms with E-state index in [2.05, 4.69) is 4.98 Å². The number of ether oxygens (including phenoxy) is 2. The highest BCUT2D eigenvalue weighted by Crippen LogP contribution is 2.16. The van der Waals surface area contributed by atoms with Crippen molar-refractivity contribution in [1.82, 2.24) is 9.29 Å². The number of thiazole rings is 1. The molecule has 7 nitrogen and oxygen atoms in total. The Hall–Kier alpha value is -1.03. The number of carbonyl (C=O) groups is 1. The number of aromatic nitrogens is 1. The molecular weight excluding hydrogens is 340 g/mol. The van der Waals surface area contributed by atoms with Crippen molar-refractivity contribution in [2.45, 2.75) is 33.2 Å². The molecule has 0 saturated carbocycles. The first kappa shape index (κ1) is 20.0. The summed E-state index contributed by atoms with van der Waals surface area (Å²) in [5.74, 6) is -0.393. The summed E-state index contributed by atoms with van der Waals surface area (Å²) in [7, 11) is -1.85. The normalized spacial score (nSPS) is 11.8. The number of rotatable bonds is 11. The molecule has 1 rings (SSSR count). The highest BCUT2D eigenvalue weighted by molar-refractivity contribution is 7.89. The zero-order valence-corrected chi connectivity index (χ0v) is 15.4. The van der Waals surface area contributed by atoms with Crippen molar-refractivity contribution in [2.75, 3.05) is 32.6 Å². The maximum atomic E-state index is 12.4. The molecule has 132 valence electrons. The lowest BCUT2D eigenvalue weighted by molar-refractivity contribution is 0.0520. The fourth-order valence-corrected chi connectivity index (χ4v) is 4.24. The number of hydrogen-bond acceptors (Lipinski definition) is 7. The van der Waals surface area contributed by atoms with E-state index in [4.69, 9.17) is 9.47 Å². The minimum absolute atomic E-state index is 0.101. The van der Waals surface area contributed by atoms with Gasteiger partial charge in [0.25, 0.3) is 0 Å². The summed E-state index contributed by atoms with van der Waals surface area (Å²) in [6, 6.07) is 0. The number of sulfonamides is 1. The van der Waals surface area contributed by atoms with Crippen LogP contribution in [0, 0.1) is 0 Å². The summed E-state index contributed by atoms with van der Waals surface area (Å²) in [6.07, 6.45) is 1.42. The van der Waals surface area contributed by atoms with Gasteiger partial charge in [-0.2, -0.15) is 4.31 Å². The van der Waals surface area contributed by atoms with E-state index in [1.54, 1.807) is 12.3 Å². The highest BCUT2D eigenvalue weighted by Gasteiger charge is 2.23. The van der Waals surface area contributed by atoms with Crippen molar-refractivity contribution in [1.29, 1.82) is 0 Å². The molecule has 1 aromatic rings. The minimum Gasteiger partial charge on any atom is -0.461 e. The third kappa shape index (κ3) is 6.54. The average molecular weight is 364 g/mol. The molecule has 0 spiro atoms. The van der Waals surface area contributed by atoms with Gasteiger partial charge in [0.1, 0.15) is 5.01 Å². The van der Waals surface area contributed by atoms with E-state index in [9.17, 15) is 13.2 Å². The van der Waals surface area contributed by atoms with Gasteiger partial charge in [-0.1, -0.05) is 13.3 Å². The van der Waals surface area contributed by atoms with Gasteiger partial charge in [-0.05, 0) is 13.3 Å². The Morgan fingerprint density at radius 2 is 2.13 bits per heavy atom. The number of methoxy groups -OCH3 is 1. The molecule has 9 heteroatoms. The maximum Gasteiger partial charge on any atom is 0.357 e. The zero-order valence-electron chi connectivity index (χ0n) is 13.8. The van der Waals surface area contributed by atoms with Gasteiger partial charge in [-0.3, -0.25) is 0 Å². The molecule has 0 radical (unpaired) electrons. The van der Waals surface area contributed by atoms with Crippen molar-refractivity contribution in [3.8, 4) is 0 Å². The van der Waals surface area contributed by atoms with Crippen LogP contribution in [-0.2, 0) is 26.0 Å². The summed E-state index contributed by atoms with van der Waals surface area (Å²) in [4.78, 5) is 15.8. The molecule has 0 bridgehead atoms. The second kappa shape index (κ2) is 9.96. The van der Waals surface area contributed by atoms with E-state index < -0.39 is 16.0 Å². The third-order valence-corrected chi connectivity index (χ3v) is 5.78. The van der Waals surface area contributed by atoms with Gasteiger partial charge in [0.05, 0.1) is 25.5 Å². The van der Waals surface area contributed by atoms with Crippen molar-refractivity contribution >= 4 is 27.3 Å². The molecule has 0 aromatic carbocycles. The fraction of sp³-hybridized carbons (Fsp3) is 0.714. The maximum absolute atomic E-state index is 12.4. The lowest BCUT2D eigenvalue weighted by Gasteiger charge is -2.20. The molecule has 0 atom stereocenters. The predicted molar refractivity (Wildman–Crippen MR) is 89.1 cm³/mol. The van der Waals surface area contributed by atoms with Crippen LogP contribution in [0.25, 0.3) is 0 Å². The van der Waals surface area contributed by atoms with Gasteiger partial charge in [0.15, 0.2) is 5.69 Å². The van der Waals surface area contributed by atoms with Crippen molar-refractivity contribution in [3.63, 3.8) is 0 Å².